The number of carbonyl (C=O) groups excluding carboxylic acids is 5. The Morgan fingerprint density at radius 3 is 2.54 bits per heavy atom. The average molecular weight is 485 g/mol. The first-order valence-electron chi connectivity index (χ1n) is 12.3. The van der Waals surface area contributed by atoms with Gasteiger partial charge >= 0.3 is 12.0 Å². The van der Waals surface area contributed by atoms with Crippen LogP contribution in [0.4, 0.5) is 10.5 Å². The van der Waals surface area contributed by atoms with Gasteiger partial charge in [-0.15, -0.1) is 0 Å². The van der Waals surface area contributed by atoms with E-state index in [1.807, 2.05) is 6.92 Å². The summed E-state index contributed by atoms with van der Waals surface area (Å²) in [5.41, 5.74) is -0.327. The van der Waals surface area contributed by atoms with Crippen LogP contribution in [0.25, 0.3) is 0 Å². The molecule has 1 aliphatic heterocycles. The molecule has 2 aliphatic carbocycles. The molecule has 1 aromatic carbocycles. The summed E-state index contributed by atoms with van der Waals surface area (Å²) in [7, 11) is 0. The van der Waals surface area contributed by atoms with Gasteiger partial charge in [0.1, 0.15) is 12.1 Å². The summed E-state index contributed by atoms with van der Waals surface area (Å²) in [4.78, 5) is 63.6. The monoisotopic (exact) mass is 484 g/mol. The molecule has 10 nitrogen and oxygen atoms in total. The molecule has 1 saturated heterocycles. The van der Waals surface area contributed by atoms with Crippen molar-refractivity contribution in [2.75, 3.05) is 18.5 Å². The Hall–Kier alpha value is -3.43. The van der Waals surface area contributed by atoms with Crippen molar-refractivity contribution >= 4 is 35.4 Å². The smallest absolute Gasteiger partial charge is 0.326 e. The van der Waals surface area contributed by atoms with Crippen molar-refractivity contribution in [3.05, 3.63) is 29.8 Å². The van der Waals surface area contributed by atoms with Gasteiger partial charge in [-0.25, -0.2) is 4.79 Å². The number of nitrogens with zero attached hydrogens (tertiary/aromatic N) is 1. The Balaban J connectivity index is 1.29. The van der Waals surface area contributed by atoms with Gasteiger partial charge in [0, 0.05) is 6.04 Å². The first-order chi connectivity index (χ1) is 16.8. The van der Waals surface area contributed by atoms with Crippen molar-refractivity contribution in [2.45, 2.75) is 69.9 Å². The molecule has 2 saturated carbocycles. The summed E-state index contributed by atoms with van der Waals surface area (Å²) in [5, 5.41) is 8.36. The number of nitrogens with one attached hydrogen (secondary N) is 3. The van der Waals surface area contributed by atoms with Crippen LogP contribution in [0.5, 0.6) is 0 Å². The predicted octanol–water partition coefficient (Wildman–Crippen LogP) is 2.34. The second-order valence-corrected chi connectivity index (χ2v) is 9.65. The molecule has 1 aromatic rings. The third-order valence-corrected chi connectivity index (χ3v) is 7.29. The van der Waals surface area contributed by atoms with Crippen LogP contribution < -0.4 is 16.0 Å². The molecule has 10 heteroatoms. The topological polar surface area (TPSA) is 134 Å². The Bertz CT molecular complexity index is 1020. The van der Waals surface area contributed by atoms with Gasteiger partial charge in [-0.2, -0.15) is 0 Å². The van der Waals surface area contributed by atoms with Gasteiger partial charge in [0.25, 0.3) is 17.7 Å². The maximum Gasteiger partial charge on any atom is 0.326 e. The highest BCUT2D eigenvalue weighted by atomic mass is 16.5. The molecule has 0 bridgehead atoms. The molecule has 5 amide bonds. The molecule has 2 unspecified atom stereocenters. The minimum absolute atomic E-state index is 0.0227. The van der Waals surface area contributed by atoms with E-state index in [4.69, 9.17) is 4.74 Å². The maximum atomic E-state index is 13.0. The number of para-hydroxylation sites is 1. The summed E-state index contributed by atoms with van der Waals surface area (Å²) in [5.74, 6) is -2.21. The largest absolute Gasteiger partial charge is 0.454 e. The Morgan fingerprint density at radius 2 is 1.80 bits per heavy atom. The van der Waals surface area contributed by atoms with Crippen molar-refractivity contribution in [1.29, 1.82) is 0 Å². The highest BCUT2D eigenvalue weighted by Gasteiger charge is 2.55. The Morgan fingerprint density at radius 1 is 1.09 bits per heavy atom. The second-order valence-electron chi connectivity index (χ2n) is 9.65. The molecule has 1 spiro atoms. The molecule has 1 heterocycles. The zero-order chi connectivity index (χ0) is 25.0. The lowest BCUT2D eigenvalue weighted by molar-refractivity contribution is -0.150. The van der Waals surface area contributed by atoms with Crippen LogP contribution in [0.2, 0.25) is 0 Å². The number of urea groups is 1. The van der Waals surface area contributed by atoms with E-state index < -0.39 is 42.5 Å². The highest BCUT2D eigenvalue weighted by molar-refractivity contribution is 6.09. The van der Waals surface area contributed by atoms with E-state index >= 15 is 0 Å². The standard InChI is InChI=1S/C25H32N4O6/c1-16-8-6-7-13-25(16)23(33)29(24(34)28-25)14-21(31)35-15-20(30)27-19-12-5-4-11-18(19)22(32)26-17-9-2-3-10-17/h4-5,11-12,16-17H,2-3,6-10,13-15H2,1H3,(H,26,32)(H,27,30)(H,28,34). The lowest BCUT2D eigenvalue weighted by Crippen LogP contribution is -2.54. The number of imide groups is 1. The van der Waals surface area contributed by atoms with Crippen molar-refractivity contribution < 1.29 is 28.7 Å². The number of hydrogen-bond donors (Lipinski definition) is 3. The lowest BCUT2D eigenvalue weighted by Gasteiger charge is -2.36. The number of hydrogen-bond acceptors (Lipinski definition) is 6. The lowest BCUT2D eigenvalue weighted by atomic mass is 9.73. The highest BCUT2D eigenvalue weighted by Crippen LogP contribution is 2.38. The summed E-state index contributed by atoms with van der Waals surface area (Å²) in [6.07, 6.45) is 7.23. The zero-order valence-corrected chi connectivity index (χ0v) is 19.9. The van der Waals surface area contributed by atoms with E-state index in [9.17, 15) is 24.0 Å². The van der Waals surface area contributed by atoms with Crippen molar-refractivity contribution in [3.8, 4) is 0 Å². The summed E-state index contributed by atoms with van der Waals surface area (Å²) >= 11 is 0. The number of rotatable bonds is 7. The molecule has 3 fully saturated rings. The fourth-order valence-electron chi connectivity index (χ4n) is 5.27. The molecule has 188 valence electrons. The molecular weight excluding hydrogens is 452 g/mol. The minimum atomic E-state index is -0.963. The number of amides is 5. The van der Waals surface area contributed by atoms with E-state index in [-0.39, 0.29) is 17.9 Å². The molecule has 4 rings (SSSR count). The molecular formula is C25H32N4O6. The van der Waals surface area contributed by atoms with Gasteiger partial charge in [0.05, 0.1) is 11.3 Å². The molecule has 3 aliphatic rings. The summed E-state index contributed by atoms with van der Waals surface area (Å²) < 4.78 is 5.02. The fraction of sp³-hybridized carbons (Fsp3) is 0.560. The summed E-state index contributed by atoms with van der Waals surface area (Å²) in [6.45, 7) is 0.755. The third-order valence-electron chi connectivity index (χ3n) is 7.29. The average Bonchev–Trinajstić information content (AvgIpc) is 3.43. The van der Waals surface area contributed by atoms with Gasteiger partial charge in [0.2, 0.25) is 0 Å². The Kier molecular flexibility index (Phi) is 7.37. The van der Waals surface area contributed by atoms with E-state index in [0.717, 1.165) is 49.8 Å². The van der Waals surface area contributed by atoms with Gasteiger partial charge in [0.15, 0.2) is 6.61 Å². The van der Waals surface area contributed by atoms with E-state index in [0.29, 0.717) is 17.7 Å². The number of carbonyl (C=O) groups is 5. The zero-order valence-electron chi connectivity index (χ0n) is 19.9. The van der Waals surface area contributed by atoms with Crippen LogP contribution in [0, 0.1) is 5.92 Å². The Labute approximate surface area is 204 Å². The van der Waals surface area contributed by atoms with Crippen LogP contribution in [-0.2, 0) is 19.1 Å². The number of esters is 1. The molecule has 3 N–H and O–H groups in total. The van der Waals surface area contributed by atoms with Gasteiger partial charge in [-0.3, -0.25) is 24.1 Å². The van der Waals surface area contributed by atoms with Crippen molar-refractivity contribution in [2.24, 2.45) is 5.92 Å². The van der Waals surface area contributed by atoms with Crippen molar-refractivity contribution in [1.82, 2.24) is 15.5 Å². The van der Waals surface area contributed by atoms with Crippen LogP contribution in [0.15, 0.2) is 24.3 Å². The minimum Gasteiger partial charge on any atom is -0.454 e. The van der Waals surface area contributed by atoms with Gasteiger partial charge < -0.3 is 20.7 Å². The van der Waals surface area contributed by atoms with E-state index in [1.54, 1.807) is 24.3 Å². The van der Waals surface area contributed by atoms with E-state index in [1.165, 1.54) is 0 Å². The first-order valence-corrected chi connectivity index (χ1v) is 12.3. The molecule has 35 heavy (non-hydrogen) atoms. The van der Waals surface area contributed by atoms with Crippen LogP contribution >= 0.6 is 0 Å². The molecule has 2 atom stereocenters. The van der Waals surface area contributed by atoms with Crippen molar-refractivity contribution in [3.63, 3.8) is 0 Å². The SMILES string of the molecule is CC1CCCCC12NC(=O)N(CC(=O)OCC(=O)Nc1ccccc1C(=O)NC1CCCC1)C2=O. The van der Waals surface area contributed by atoms with Crippen LogP contribution in [0.3, 0.4) is 0 Å². The maximum absolute atomic E-state index is 13.0. The number of ether oxygens (including phenoxy) is 1. The second kappa shape index (κ2) is 10.5. The third kappa shape index (κ3) is 5.31. The molecule has 0 aromatic heterocycles. The van der Waals surface area contributed by atoms with Gasteiger partial charge in [-0.05, 0) is 43.7 Å². The number of anilines is 1. The normalized spacial score (nSPS) is 24.4. The molecule has 0 radical (unpaired) electrons. The first kappa shape index (κ1) is 24.7. The van der Waals surface area contributed by atoms with Gasteiger partial charge in [-0.1, -0.05) is 44.7 Å². The quantitative estimate of drug-likeness (QED) is 0.402. The predicted molar refractivity (Wildman–Crippen MR) is 126 cm³/mol. The number of benzene rings is 1. The van der Waals surface area contributed by atoms with E-state index in [2.05, 4.69) is 16.0 Å². The fourth-order valence-corrected chi connectivity index (χ4v) is 5.27. The summed E-state index contributed by atoms with van der Waals surface area (Å²) in [6, 6.07) is 6.12. The van der Waals surface area contributed by atoms with Crippen LogP contribution in [0.1, 0.15) is 68.6 Å². The van der Waals surface area contributed by atoms with Crippen LogP contribution in [-0.4, -0.2) is 59.4 Å².